The fraction of sp³-hybridized carbons (Fsp3) is 0.417. The second-order valence-corrected chi connectivity index (χ2v) is 7.61. The quantitative estimate of drug-likeness (QED) is 0.540. The Morgan fingerprint density at radius 1 is 1.12 bits per heavy atom. The molecule has 1 aromatic carbocycles. The van der Waals surface area contributed by atoms with Crippen molar-refractivity contribution >= 4 is 29.2 Å². The molecule has 0 spiro atoms. The molecule has 0 radical (unpaired) electrons. The molecule has 2 N–H and O–H groups in total. The van der Waals surface area contributed by atoms with Gasteiger partial charge in [-0.3, -0.25) is 14.4 Å². The molecule has 1 saturated heterocycles. The van der Waals surface area contributed by atoms with E-state index < -0.39 is 0 Å². The largest absolute Gasteiger partial charge is 0.494 e. The Balaban J connectivity index is 1.61. The molecule has 1 fully saturated rings. The zero-order valence-electron chi connectivity index (χ0n) is 18.8. The van der Waals surface area contributed by atoms with Crippen LogP contribution < -0.4 is 20.3 Å². The Hall–Kier alpha value is -3.46. The summed E-state index contributed by atoms with van der Waals surface area (Å²) in [6.07, 6.45) is 3.40. The second kappa shape index (κ2) is 12.5. The van der Waals surface area contributed by atoms with Gasteiger partial charge in [-0.15, -0.1) is 0 Å². The van der Waals surface area contributed by atoms with Crippen LogP contribution in [0.1, 0.15) is 32.6 Å². The molecule has 2 heterocycles. The van der Waals surface area contributed by atoms with Gasteiger partial charge in [0.1, 0.15) is 18.1 Å². The Morgan fingerprint density at radius 2 is 1.94 bits per heavy atom. The van der Waals surface area contributed by atoms with Crippen molar-refractivity contribution in [3.8, 4) is 5.75 Å². The lowest BCUT2D eigenvalue weighted by Crippen LogP contribution is -2.43. The van der Waals surface area contributed by atoms with Crippen molar-refractivity contribution in [2.24, 2.45) is 0 Å². The van der Waals surface area contributed by atoms with Gasteiger partial charge in [0.25, 0.3) is 0 Å². The van der Waals surface area contributed by atoms with Gasteiger partial charge in [-0.1, -0.05) is 6.07 Å². The fourth-order valence-corrected chi connectivity index (χ4v) is 3.44. The molecule has 1 aliphatic rings. The summed E-state index contributed by atoms with van der Waals surface area (Å²) in [7, 11) is 0. The molecule has 1 aromatic heterocycles. The van der Waals surface area contributed by atoms with E-state index in [1.165, 1.54) is 4.90 Å². The maximum Gasteiger partial charge on any atom is 0.240 e. The molecule has 1 aliphatic heterocycles. The zero-order chi connectivity index (χ0) is 23.5. The first-order valence-corrected chi connectivity index (χ1v) is 11.2. The van der Waals surface area contributed by atoms with Gasteiger partial charge in [0.05, 0.1) is 12.7 Å². The average Bonchev–Trinajstić information content (AvgIpc) is 3.35. The third-order valence-electron chi connectivity index (χ3n) is 5.11. The Labute approximate surface area is 193 Å². The molecule has 0 saturated carbocycles. The predicted octanol–water partition coefficient (Wildman–Crippen LogP) is 2.53. The van der Waals surface area contributed by atoms with Crippen molar-refractivity contribution < 1.29 is 23.9 Å². The highest BCUT2D eigenvalue weighted by atomic mass is 16.5. The van der Waals surface area contributed by atoms with Crippen LogP contribution in [-0.4, -0.2) is 55.1 Å². The molecule has 176 valence electrons. The molecule has 0 aliphatic carbocycles. The van der Waals surface area contributed by atoms with Crippen molar-refractivity contribution in [2.45, 2.75) is 38.7 Å². The Kier molecular flexibility index (Phi) is 9.19. The van der Waals surface area contributed by atoms with E-state index >= 15 is 0 Å². The van der Waals surface area contributed by atoms with E-state index in [1.807, 2.05) is 6.92 Å². The summed E-state index contributed by atoms with van der Waals surface area (Å²) in [5.41, 5.74) is 0.556. The molecule has 3 amide bonds. The number of anilines is 2. The molecule has 33 heavy (non-hydrogen) atoms. The molecule has 3 rings (SSSR count). The second-order valence-electron chi connectivity index (χ2n) is 7.61. The lowest BCUT2D eigenvalue weighted by atomic mass is 10.2. The molecule has 9 nitrogen and oxygen atoms in total. The van der Waals surface area contributed by atoms with E-state index in [0.29, 0.717) is 37.0 Å². The summed E-state index contributed by atoms with van der Waals surface area (Å²) in [6.45, 7) is 3.38. The van der Waals surface area contributed by atoms with E-state index in [4.69, 9.17) is 9.47 Å². The van der Waals surface area contributed by atoms with Gasteiger partial charge in [-0.05, 0) is 56.2 Å². The van der Waals surface area contributed by atoms with Crippen molar-refractivity contribution in [1.29, 1.82) is 0 Å². The number of hydrogen-bond acceptors (Lipinski definition) is 6. The summed E-state index contributed by atoms with van der Waals surface area (Å²) in [5, 5.41) is 5.50. The van der Waals surface area contributed by atoms with Crippen LogP contribution in [0.25, 0.3) is 0 Å². The van der Waals surface area contributed by atoms with Gasteiger partial charge in [0, 0.05) is 37.9 Å². The van der Waals surface area contributed by atoms with Crippen molar-refractivity contribution in [3.05, 3.63) is 48.7 Å². The van der Waals surface area contributed by atoms with Crippen LogP contribution in [0, 0.1) is 0 Å². The van der Waals surface area contributed by atoms with Crippen LogP contribution in [0.15, 0.2) is 48.7 Å². The SMILES string of the molecule is CCOc1ccc(N(CC(=O)NC[C@H]2CCCO2)C(=O)CCC(=O)Nc2ccccn2)cc1. The lowest BCUT2D eigenvalue weighted by molar-refractivity contribution is -0.125. The highest BCUT2D eigenvalue weighted by molar-refractivity contribution is 6.01. The maximum atomic E-state index is 13.0. The summed E-state index contributed by atoms with van der Waals surface area (Å²) >= 11 is 0. The number of nitrogens with zero attached hydrogens (tertiary/aromatic N) is 2. The van der Waals surface area contributed by atoms with Gasteiger partial charge in [0.2, 0.25) is 17.7 Å². The van der Waals surface area contributed by atoms with Crippen LogP contribution in [-0.2, 0) is 19.1 Å². The first-order valence-electron chi connectivity index (χ1n) is 11.2. The van der Waals surface area contributed by atoms with Crippen molar-refractivity contribution in [1.82, 2.24) is 10.3 Å². The number of amides is 3. The molecule has 0 bridgehead atoms. The molecular weight excluding hydrogens is 424 g/mol. The number of ether oxygens (including phenoxy) is 2. The Morgan fingerprint density at radius 3 is 2.61 bits per heavy atom. The number of carbonyl (C=O) groups excluding carboxylic acids is 3. The fourth-order valence-electron chi connectivity index (χ4n) is 3.44. The van der Waals surface area contributed by atoms with Crippen LogP contribution >= 0.6 is 0 Å². The topological polar surface area (TPSA) is 110 Å². The minimum Gasteiger partial charge on any atom is -0.494 e. The normalized spacial score (nSPS) is 15.0. The summed E-state index contributed by atoms with van der Waals surface area (Å²) in [4.78, 5) is 43.2. The average molecular weight is 455 g/mol. The number of pyridine rings is 1. The minimum atomic E-state index is -0.331. The highest BCUT2D eigenvalue weighted by Crippen LogP contribution is 2.21. The first kappa shape index (κ1) is 24.2. The van der Waals surface area contributed by atoms with Gasteiger partial charge in [0.15, 0.2) is 0 Å². The number of rotatable bonds is 11. The number of benzene rings is 1. The third kappa shape index (κ3) is 7.87. The number of aromatic nitrogens is 1. The minimum absolute atomic E-state index is 0.0128. The van der Waals surface area contributed by atoms with E-state index in [0.717, 1.165) is 12.8 Å². The predicted molar refractivity (Wildman–Crippen MR) is 124 cm³/mol. The molecular formula is C24H30N4O5. The maximum absolute atomic E-state index is 13.0. The van der Waals surface area contributed by atoms with E-state index in [2.05, 4.69) is 15.6 Å². The summed E-state index contributed by atoms with van der Waals surface area (Å²) in [5.74, 6) is 0.155. The summed E-state index contributed by atoms with van der Waals surface area (Å²) in [6, 6.07) is 12.1. The van der Waals surface area contributed by atoms with Gasteiger partial charge >= 0.3 is 0 Å². The molecule has 0 unspecified atom stereocenters. The van der Waals surface area contributed by atoms with E-state index in [-0.39, 0.29) is 43.2 Å². The molecule has 9 heteroatoms. The van der Waals surface area contributed by atoms with Gasteiger partial charge in [-0.25, -0.2) is 4.98 Å². The van der Waals surface area contributed by atoms with Crippen LogP contribution in [0.5, 0.6) is 5.75 Å². The van der Waals surface area contributed by atoms with Crippen molar-refractivity contribution in [2.75, 3.05) is 36.5 Å². The monoisotopic (exact) mass is 454 g/mol. The van der Waals surface area contributed by atoms with E-state index in [9.17, 15) is 14.4 Å². The van der Waals surface area contributed by atoms with Crippen LogP contribution in [0.4, 0.5) is 11.5 Å². The summed E-state index contributed by atoms with van der Waals surface area (Å²) < 4.78 is 11.0. The van der Waals surface area contributed by atoms with Gasteiger partial charge < -0.3 is 25.0 Å². The van der Waals surface area contributed by atoms with Crippen LogP contribution in [0.3, 0.4) is 0 Å². The highest BCUT2D eigenvalue weighted by Gasteiger charge is 2.22. The zero-order valence-corrected chi connectivity index (χ0v) is 18.8. The number of hydrogen-bond donors (Lipinski definition) is 2. The first-order chi connectivity index (χ1) is 16.0. The number of carbonyl (C=O) groups is 3. The number of nitrogens with one attached hydrogen (secondary N) is 2. The Bertz CT molecular complexity index is 914. The van der Waals surface area contributed by atoms with Crippen LogP contribution in [0.2, 0.25) is 0 Å². The molecule has 2 aromatic rings. The molecule has 1 atom stereocenters. The van der Waals surface area contributed by atoms with E-state index in [1.54, 1.807) is 48.7 Å². The third-order valence-corrected chi connectivity index (χ3v) is 5.11. The van der Waals surface area contributed by atoms with Gasteiger partial charge in [-0.2, -0.15) is 0 Å². The lowest BCUT2D eigenvalue weighted by Gasteiger charge is -2.23. The van der Waals surface area contributed by atoms with Crippen molar-refractivity contribution in [3.63, 3.8) is 0 Å². The smallest absolute Gasteiger partial charge is 0.240 e. The standard InChI is InChI=1S/C24H30N4O5/c1-2-32-19-10-8-18(9-11-19)28(17-23(30)26-16-20-6-5-15-33-20)24(31)13-12-22(29)27-21-7-3-4-14-25-21/h3-4,7-11,14,20H,2,5-6,12-13,15-17H2,1H3,(H,26,30)(H,25,27,29)/t20-/m1/s1.